The van der Waals surface area contributed by atoms with Gasteiger partial charge in [-0.25, -0.2) is 0 Å². The van der Waals surface area contributed by atoms with Gasteiger partial charge in [0.1, 0.15) is 30.0 Å². The van der Waals surface area contributed by atoms with Crippen LogP contribution in [0.4, 0.5) is 0 Å². The molecule has 0 spiro atoms. The van der Waals surface area contributed by atoms with E-state index in [0.29, 0.717) is 0 Å². The minimum absolute atomic E-state index is 0.538. The summed E-state index contributed by atoms with van der Waals surface area (Å²) in [5, 5.41) is 41.2. The summed E-state index contributed by atoms with van der Waals surface area (Å²) in [7, 11) is 0. The molecule has 4 rings (SSSR count). The lowest BCUT2D eigenvalue weighted by Crippen LogP contribution is -2.61. The molecule has 0 radical (unpaired) electrons. The number of ether oxygens (including phenoxy) is 2. The van der Waals surface area contributed by atoms with Crippen molar-refractivity contribution in [3.05, 3.63) is 108 Å². The Kier molecular flexibility index (Phi) is 6.48. The van der Waals surface area contributed by atoms with Crippen molar-refractivity contribution in [2.75, 3.05) is 6.61 Å². The molecule has 0 bridgehead atoms. The number of aliphatic hydroxyl groups excluding tert-OH is 4. The molecule has 0 amide bonds. The molecule has 0 saturated carbocycles. The Morgan fingerprint density at radius 1 is 0.677 bits per heavy atom. The first-order valence-electron chi connectivity index (χ1n) is 10.2. The topological polar surface area (TPSA) is 99.4 Å². The molecule has 1 aliphatic rings. The Balaban J connectivity index is 1.89. The summed E-state index contributed by atoms with van der Waals surface area (Å²) in [6, 6.07) is 28.5. The predicted octanol–water partition coefficient (Wildman–Crippen LogP) is 1.79. The zero-order valence-electron chi connectivity index (χ0n) is 16.9. The minimum atomic E-state index is -1.55. The van der Waals surface area contributed by atoms with Crippen LogP contribution in [0.15, 0.2) is 91.0 Å². The Morgan fingerprint density at radius 3 is 1.48 bits per heavy atom. The maximum absolute atomic E-state index is 10.8. The van der Waals surface area contributed by atoms with E-state index in [9.17, 15) is 20.4 Å². The van der Waals surface area contributed by atoms with Crippen LogP contribution in [0, 0.1) is 0 Å². The lowest BCUT2D eigenvalue weighted by Gasteiger charge is -2.45. The van der Waals surface area contributed by atoms with Gasteiger partial charge in [-0.05, 0) is 16.7 Å². The zero-order valence-corrected chi connectivity index (χ0v) is 16.9. The molecule has 0 unspecified atom stereocenters. The van der Waals surface area contributed by atoms with Gasteiger partial charge in [0.15, 0.2) is 6.29 Å². The van der Waals surface area contributed by atoms with Gasteiger partial charge in [-0.3, -0.25) is 0 Å². The van der Waals surface area contributed by atoms with E-state index in [1.807, 2.05) is 91.0 Å². The smallest absolute Gasteiger partial charge is 0.184 e. The van der Waals surface area contributed by atoms with Gasteiger partial charge < -0.3 is 29.9 Å². The minimum Gasteiger partial charge on any atom is -0.394 e. The van der Waals surface area contributed by atoms with Crippen molar-refractivity contribution < 1.29 is 29.9 Å². The van der Waals surface area contributed by atoms with Crippen LogP contribution in [0.25, 0.3) is 0 Å². The molecule has 3 aromatic carbocycles. The van der Waals surface area contributed by atoms with Gasteiger partial charge in [-0.15, -0.1) is 0 Å². The molecule has 6 heteroatoms. The number of hydrogen-bond donors (Lipinski definition) is 4. The van der Waals surface area contributed by atoms with E-state index in [1.54, 1.807) is 0 Å². The summed E-state index contributed by atoms with van der Waals surface area (Å²) in [4.78, 5) is 0. The highest BCUT2D eigenvalue weighted by atomic mass is 16.7. The summed E-state index contributed by atoms with van der Waals surface area (Å²) in [5.41, 5.74) is 1.15. The Labute approximate surface area is 180 Å². The summed E-state index contributed by atoms with van der Waals surface area (Å²) >= 11 is 0. The summed E-state index contributed by atoms with van der Waals surface area (Å²) in [5.74, 6) is 0. The van der Waals surface area contributed by atoms with Crippen LogP contribution in [0.3, 0.4) is 0 Å². The molecule has 1 fully saturated rings. The van der Waals surface area contributed by atoms with E-state index in [1.165, 1.54) is 0 Å². The second kappa shape index (κ2) is 9.28. The average Bonchev–Trinajstić information content (AvgIpc) is 2.83. The van der Waals surface area contributed by atoms with Crippen LogP contribution in [0.1, 0.15) is 16.7 Å². The SMILES string of the molecule is OC[C@H]1O[C@@H](O)[C@@H](OC(c2ccccc2)(c2ccccc2)c2ccccc2)[C@@H](O)[C@@H]1O. The van der Waals surface area contributed by atoms with Crippen molar-refractivity contribution in [2.45, 2.75) is 36.3 Å². The predicted molar refractivity (Wildman–Crippen MR) is 114 cm³/mol. The monoisotopic (exact) mass is 422 g/mol. The summed E-state index contributed by atoms with van der Waals surface area (Å²) in [6.07, 6.45) is -6.83. The fraction of sp³-hybridized carbons (Fsp3) is 0.280. The van der Waals surface area contributed by atoms with Gasteiger partial charge in [0, 0.05) is 0 Å². The van der Waals surface area contributed by atoms with Crippen LogP contribution in [-0.4, -0.2) is 57.7 Å². The lowest BCUT2D eigenvalue weighted by atomic mass is 9.79. The molecule has 0 aliphatic carbocycles. The highest BCUT2D eigenvalue weighted by Crippen LogP contribution is 2.43. The number of aliphatic hydroxyl groups is 4. The van der Waals surface area contributed by atoms with E-state index in [0.717, 1.165) is 16.7 Å². The van der Waals surface area contributed by atoms with Crippen LogP contribution < -0.4 is 0 Å². The van der Waals surface area contributed by atoms with E-state index in [2.05, 4.69) is 0 Å². The molecular formula is C25H26O6. The first-order valence-corrected chi connectivity index (χ1v) is 10.2. The van der Waals surface area contributed by atoms with Crippen molar-refractivity contribution in [1.29, 1.82) is 0 Å². The van der Waals surface area contributed by atoms with Gasteiger partial charge in [0.25, 0.3) is 0 Å². The number of benzene rings is 3. The first kappa shape index (κ1) is 21.6. The first-order chi connectivity index (χ1) is 15.1. The highest BCUT2D eigenvalue weighted by Gasteiger charge is 2.49. The van der Waals surface area contributed by atoms with Crippen LogP contribution in [0.5, 0.6) is 0 Å². The van der Waals surface area contributed by atoms with Crippen molar-refractivity contribution >= 4 is 0 Å². The van der Waals surface area contributed by atoms with Crippen LogP contribution >= 0.6 is 0 Å². The Bertz CT molecular complexity index is 853. The van der Waals surface area contributed by atoms with E-state index >= 15 is 0 Å². The second-order valence-corrected chi connectivity index (χ2v) is 7.59. The molecule has 0 aromatic heterocycles. The van der Waals surface area contributed by atoms with E-state index in [4.69, 9.17) is 9.47 Å². The van der Waals surface area contributed by atoms with Crippen LogP contribution in [-0.2, 0) is 15.1 Å². The normalized spacial score (nSPS) is 26.5. The highest BCUT2D eigenvalue weighted by molar-refractivity contribution is 5.47. The molecular weight excluding hydrogens is 396 g/mol. The van der Waals surface area contributed by atoms with Gasteiger partial charge in [-0.1, -0.05) is 91.0 Å². The lowest BCUT2D eigenvalue weighted by molar-refractivity contribution is -0.309. The Morgan fingerprint density at radius 2 is 1.10 bits per heavy atom. The van der Waals surface area contributed by atoms with Gasteiger partial charge in [-0.2, -0.15) is 0 Å². The standard InChI is InChI=1S/C25H26O6/c26-16-20-21(27)22(28)23(24(29)30-20)31-25(17-10-4-1-5-11-17,18-12-6-2-7-13-18)19-14-8-3-9-15-19/h1-15,20-24,26-29H,16H2/t20-,21-,22+,23+,24-/m1/s1. The molecule has 1 saturated heterocycles. The van der Waals surface area contributed by atoms with Crippen molar-refractivity contribution in [3.63, 3.8) is 0 Å². The number of hydrogen-bond acceptors (Lipinski definition) is 6. The molecule has 1 heterocycles. The van der Waals surface area contributed by atoms with Gasteiger partial charge >= 0.3 is 0 Å². The number of rotatable bonds is 6. The Hall–Kier alpha value is -2.58. The molecule has 31 heavy (non-hydrogen) atoms. The zero-order chi connectivity index (χ0) is 21.8. The third-order valence-electron chi connectivity index (χ3n) is 5.70. The average molecular weight is 422 g/mol. The fourth-order valence-corrected chi connectivity index (χ4v) is 4.13. The molecule has 5 atom stereocenters. The maximum Gasteiger partial charge on any atom is 0.184 e. The fourth-order valence-electron chi connectivity index (χ4n) is 4.13. The van der Waals surface area contributed by atoms with Crippen LogP contribution in [0.2, 0.25) is 0 Å². The van der Waals surface area contributed by atoms with Gasteiger partial charge in [0.05, 0.1) is 6.61 Å². The van der Waals surface area contributed by atoms with Gasteiger partial charge in [0.2, 0.25) is 0 Å². The molecule has 6 nitrogen and oxygen atoms in total. The third-order valence-corrected chi connectivity index (χ3v) is 5.70. The molecule has 3 aromatic rings. The van der Waals surface area contributed by atoms with E-state index in [-0.39, 0.29) is 0 Å². The second-order valence-electron chi connectivity index (χ2n) is 7.59. The quantitative estimate of drug-likeness (QED) is 0.452. The third kappa shape index (κ3) is 4.02. The van der Waals surface area contributed by atoms with Crippen molar-refractivity contribution in [2.24, 2.45) is 0 Å². The molecule has 1 aliphatic heterocycles. The molecule has 4 N–H and O–H groups in total. The summed E-state index contributed by atoms with van der Waals surface area (Å²) in [6.45, 7) is -0.538. The van der Waals surface area contributed by atoms with E-state index < -0.39 is 42.9 Å². The van der Waals surface area contributed by atoms with Crippen molar-refractivity contribution in [3.8, 4) is 0 Å². The largest absolute Gasteiger partial charge is 0.394 e. The van der Waals surface area contributed by atoms with Crippen molar-refractivity contribution in [1.82, 2.24) is 0 Å². The summed E-state index contributed by atoms with van der Waals surface area (Å²) < 4.78 is 11.9. The maximum atomic E-state index is 10.8. The molecule has 162 valence electrons.